The van der Waals surface area contributed by atoms with Gasteiger partial charge >= 0.3 is 0 Å². The van der Waals surface area contributed by atoms with Crippen molar-refractivity contribution in [3.8, 4) is 5.75 Å². The van der Waals surface area contributed by atoms with Gasteiger partial charge in [0.15, 0.2) is 0 Å². The molecule has 2 fully saturated rings. The second kappa shape index (κ2) is 5.88. The van der Waals surface area contributed by atoms with Crippen molar-refractivity contribution in [2.45, 2.75) is 31.2 Å². The van der Waals surface area contributed by atoms with E-state index < -0.39 is 0 Å². The molecule has 1 saturated carbocycles. The van der Waals surface area contributed by atoms with Gasteiger partial charge in [-0.3, -0.25) is 4.90 Å². The number of likely N-dealkylation sites (tertiary alicyclic amines) is 1. The number of benzene rings is 1. The van der Waals surface area contributed by atoms with E-state index in [-0.39, 0.29) is 0 Å². The molecular formula is C21H23N3O. The fourth-order valence-electron chi connectivity index (χ4n) is 3.94. The second-order valence-electron chi connectivity index (χ2n) is 7.34. The zero-order valence-corrected chi connectivity index (χ0v) is 14.6. The number of hydrogen-bond donors (Lipinski definition) is 0. The van der Waals surface area contributed by atoms with Crippen LogP contribution in [0.5, 0.6) is 5.75 Å². The predicted octanol–water partition coefficient (Wildman–Crippen LogP) is 3.82. The topological polar surface area (TPSA) is 29.8 Å². The molecule has 0 atom stereocenters. The predicted molar refractivity (Wildman–Crippen MR) is 98.2 cm³/mol. The summed E-state index contributed by atoms with van der Waals surface area (Å²) >= 11 is 0. The van der Waals surface area contributed by atoms with Crippen molar-refractivity contribution < 1.29 is 4.74 Å². The van der Waals surface area contributed by atoms with Gasteiger partial charge in [-0.1, -0.05) is 18.2 Å². The molecule has 1 saturated heterocycles. The van der Waals surface area contributed by atoms with Crippen molar-refractivity contribution in [3.63, 3.8) is 0 Å². The summed E-state index contributed by atoms with van der Waals surface area (Å²) in [7, 11) is 1.73. The van der Waals surface area contributed by atoms with Crippen molar-refractivity contribution >= 4 is 5.52 Å². The van der Waals surface area contributed by atoms with Gasteiger partial charge in [-0.15, -0.1) is 0 Å². The van der Waals surface area contributed by atoms with Gasteiger partial charge in [0.1, 0.15) is 5.75 Å². The van der Waals surface area contributed by atoms with E-state index in [1.165, 1.54) is 35.2 Å². The molecule has 0 amide bonds. The molecule has 3 heterocycles. The highest BCUT2D eigenvalue weighted by Crippen LogP contribution is 2.42. The summed E-state index contributed by atoms with van der Waals surface area (Å²) in [4.78, 5) is 2.54. The van der Waals surface area contributed by atoms with E-state index >= 15 is 0 Å². The van der Waals surface area contributed by atoms with Crippen LogP contribution in [0, 0.1) is 0 Å². The summed E-state index contributed by atoms with van der Waals surface area (Å²) in [5.41, 5.74) is 5.43. The monoisotopic (exact) mass is 333 g/mol. The third kappa shape index (κ3) is 2.71. The highest BCUT2D eigenvalue weighted by Gasteiger charge is 2.33. The molecule has 0 unspecified atom stereocenters. The van der Waals surface area contributed by atoms with Crippen molar-refractivity contribution in [1.82, 2.24) is 14.5 Å². The fourth-order valence-corrected chi connectivity index (χ4v) is 3.94. The number of pyridine rings is 1. The molecule has 0 spiro atoms. The SMILES string of the molecule is COc1cccc(C2CN(Cc3c(C4CC4)nn4ccccc34)C2)c1. The van der Waals surface area contributed by atoms with E-state index in [4.69, 9.17) is 9.84 Å². The zero-order valence-electron chi connectivity index (χ0n) is 14.6. The summed E-state index contributed by atoms with van der Waals surface area (Å²) in [6.07, 6.45) is 4.66. The number of nitrogens with zero attached hydrogens (tertiary/aromatic N) is 3. The molecule has 0 bridgehead atoms. The molecule has 5 rings (SSSR count). The average Bonchev–Trinajstić information content (AvgIpc) is 3.40. The molecular weight excluding hydrogens is 310 g/mol. The lowest BCUT2D eigenvalue weighted by atomic mass is 9.90. The van der Waals surface area contributed by atoms with Gasteiger partial charge in [0.05, 0.1) is 18.3 Å². The van der Waals surface area contributed by atoms with Crippen molar-refractivity contribution in [2.24, 2.45) is 0 Å². The van der Waals surface area contributed by atoms with Gasteiger partial charge in [0.2, 0.25) is 0 Å². The van der Waals surface area contributed by atoms with Crippen LogP contribution in [0.25, 0.3) is 5.52 Å². The Kier molecular flexibility index (Phi) is 3.52. The molecule has 2 aliphatic rings. The van der Waals surface area contributed by atoms with Crippen molar-refractivity contribution in [3.05, 3.63) is 65.5 Å². The smallest absolute Gasteiger partial charge is 0.119 e. The van der Waals surface area contributed by atoms with Crippen molar-refractivity contribution in [2.75, 3.05) is 20.2 Å². The molecule has 3 aromatic rings. The third-order valence-electron chi connectivity index (χ3n) is 5.54. The van der Waals surface area contributed by atoms with Crippen LogP contribution in [0.15, 0.2) is 48.7 Å². The number of methoxy groups -OCH3 is 1. The van der Waals surface area contributed by atoms with Crippen LogP contribution in [-0.2, 0) is 6.54 Å². The molecule has 1 aliphatic heterocycles. The van der Waals surface area contributed by atoms with E-state index in [0.717, 1.165) is 25.4 Å². The maximum Gasteiger partial charge on any atom is 0.119 e. The standard InChI is InChI=1S/C21H23N3O/c1-25-18-6-4-5-16(11-18)17-12-23(13-17)14-19-20-7-2-3-10-24(20)22-21(19)15-8-9-15/h2-7,10-11,15,17H,8-9,12-14H2,1H3. The molecule has 0 radical (unpaired) electrons. The summed E-state index contributed by atoms with van der Waals surface area (Å²) < 4.78 is 7.42. The Hall–Kier alpha value is -2.33. The normalized spacial score (nSPS) is 18.4. The lowest BCUT2D eigenvalue weighted by Crippen LogP contribution is -2.44. The quantitative estimate of drug-likeness (QED) is 0.711. The van der Waals surface area contributed by atoms with Crippen LogP contribution < -0.4 is 4.74 Å². The molecule has 1 aromatic carbocycles. The van der Waals surface area contributed by atoms with Crippen LogP contribution in [0.4, 0.5) is 0 Å². The molecule has 1 aliphatic carbocycles. The minimum atomic E-state index is 0.612. The van der Waals surface area contributed by atoms with E-state index in [1.54, 1.807) is 7.11 Å². The molecule has 2 aromatic heterocycles. The van der Waals surface area contributed by atoms with Crippen LogP contribution >= 0.6 is 0 Å². The number of fused-ring (bicyclic) bond motifs is 1. The second-order valence-corrected chi connectivity index (χ2v) is 7.34. The van der Waals surface area contributed by atoms with Gasteiger partial charge in [0.25, 0.3) is 0 Å². The first-order valence-corrected chi connectivity index (χ1v) is 9.14. The number of aromatic nitrogens is 2. The third-order valence-corrected chi connectivity index (χ3v) is 5.54. The van der Waals surface area contributed by atoms with Crippen LogP contribution in [0.1, 0.15) is 41.5 Å². The number of ether oxygens (including phenoxy) is 1. The first-order valence-electron chi connectivity index (χ1n) is 9.14. The highest BCUT2D eigenvalue weighted by atomic mass is 16.5. The molecule has 25 heavy (non-hydrogen) atoms. The largest absolute Gasteiger partial charge is 0.497 e. The fraction of sp³-hybridized carbons (Fsp3) is 0.381. The Bertz CT molecular complexity index is 906. The molecule has 4 heteroatoms. The lowest BCUT2D eigenvalue weighted by Gasteiger charge is -2.39. The van der Waals surface area contributed by atoms with Gasteiger partial charge in [-0.05, 0) is 42.7 Å². The minimum absolute atomic E-state index is 0.612. The maximum atomic E-state index is 5.36. The summed E-state index contributed by atoms with van der Waals surface area (Å²) in [5.74, 6) is 2.25. The number of rotatable bonds is 5. The Morgan fingerprint density at radius 1 is 1.08 bits per heavy atom. The minimum Gasteiger partial charge on any atom is -0.497 e. The average molecular weight is 333 g/mol. The maximum absolute atomic E-state index is 5.36. The molecule has 0 N–H and O–H groups in total. The summed E-state index contributed by atoms with van der Waals surface area (Å²) in [6, 6.07) is 14.9. The van der Waals surface area contributed by atoms with Crippen LogP contribution in [0.2, 0.25) is 0 Å². The molecule has 4 nitrogen and oxygen atoms in total. The van der Waals surface area contributed by atoms with Gasteiger partial charge in [-0.2, -0.15) is 5.10 Å². The summed E-state index contributed by atoms with van der Waals surface area (Å²) in [5, 5.41) is 4.86. The zero-order chi connectivity index (χ0) is 16.8. The van der Waals surface area contributed by atoms with E-state index in [1.807, 2.05) is 6.07 Å². The van der Waals surface area contributed by atoms with Crippen LogP contribution in [0.3, 0.4) is 0 Å². The van der Waals surface area contributed by atoms with Crippen LogP contribution in [-0.4, -0.2) is 34.7 Å². The Labute approximate surface area is 148 Å². The Morgan fingerprint density at radius 2 is 1.96 bits per heavy atom. The Morgan fingerprint density at radius 3 is 2.76 bits per heavy atom. The first-order chi connectivity index (χ1) is 12.3. The van der Waals surface area contributed by atoms with E-state index in [2.05, 4.69) is 52.0 Å². The van der Waals surface area contributed by atoms with Gasteiger partial charge in [-0.25, -0.2) is 4.52 Å². The van der Waals surface area contributed by atoms with Gasteiger partial charge in [0, 0.05) is 43.2 Å². The lowest BCUT2D eigenvalue weighted by molar-refractivity contribution is 0.139. The van der Waals surface area contributed by atoms with E-state index in [0.29, 0.717) is 11.8 Å². The van der Waals surface area contributed by atoms with Gasteiger partial charge < -0.3 is 4.74 Å². The first kappa shape index (κ1) is 15.0. The van der Waals surface area contributed by atoms with E-state index in [9.17, 15) is 0 Å². The Balaban J connectivity index is 1.34. The molecule has 128 valence electrons. The summed E-state index contributed by atoms with van der Waals surface area (Å²) in [6.45, 7) is 3.24. The highest BCUT2D eigenvalue weighted by molar-refractivity contribution is 5.57. The van der Waals surface area contributed by atoms with Crippen molar-refractivity contribution in [1.29, 1.82) is 0 Å². The number of hydrogen-bond acceptors (Lipinski definition) is 3.